The predicted octanol–water partition coefficient (Wildman–Crippen LogP) is 15.5. The third kappa shape index (κ3) is 6.60. The molecule has 296 valence electrons. The molecular weight excluding hydrogens is 751 g/mol. The van der Waals surface area contributed by atoms with Gasteiger partial charge >= 0.3 is 0 Å². The van der Waals surface area contributed by atoms with Crippen LogP contribution in [0.25, 0.3) is 82.9 Å². The molecule has 0 saturated heterocycles. The standard InChI is InChI=1S/C59H45N3/c1-40(28-31-50(42-17-5-3-6-18-42)49-23-10-9-16-41(49)2)43-19-15-20-46(36-43)55-39-48(34-35-60-55)62-57-27-14-12-25-52(57)54-37-44(30-33-58(54)62)45-29-32-53-51-24-11-13-26-56(51)61(59(53)38-45)47-21-7-4-8-22-47/h3-41H,1-2H3/b31-28-,50-49+. The summed E-state index contributed by atoms with van der Waals surface area (Å²) in [6.07, 6.45) is 15.4. The van der Waals surface area contributed by atoms with Crippen molar-refractivity contribution in [2.45, 2.75) is 19.8 Å². The molecule has 7 aromatic carbocycles. The van der Waals surface area contributed by atoms with Crippen LogP contribution in [0.2, 0.25) is 0 Å². The Morgan fingerprint density at radius 1 is 0.532 bits per heavy atom. The molecule has 3 heteroatoms. The summed E-state index contributed by atoms with van der Waals surface area (Å²) in [5, 5.41) is 4.97. The maximum absolute atomic E-state index is 4.93. The Morgan fingerprint density at radius 2 is 1.19 bits per heavy atom. The lowest BCUT2D eigenvalue weighted by atomic mass is 9.87. The van der Waals surface area contributed by atoms with Crippen molar-refractivity contribution in [3.8, 4) is 33.8 Å². The third-order valence-corrected chi connectivity index (χ3v) is 12.6. The van der Waals surface area contributed by atoms with Crippen LogP contribution in [0.15, 0.2) is 230 Å². The number of hydrogen-bond acceptors (Lipinski definition) is 1. The molecule has 0 spiro atoms. The molecule has 2 atom stereocenters. The second kappa shape index (κ2) is 15.7. The first-order valence-corrected chi connectivity index (χ1v) is 21.6. The fourth-order valence-corrected chi connectivity index (χ4v) is 9.44. The Labute approximate surface area is 362 Å². The Kier molecular flexibility index (Phi) is 9.43. The minimum atomic E-state index is 0.199. The van der Waals surface area contributed by atoms with Crippen molar-refractivity contribution in [3.05, 3.63) is 241 Å². The molecule has 11 rings (SSSR count). The molecule has 0 radical (unpaired) electrons. The van der Waals surface area contributed by atoms with Crippen LogP contribution in [-0.4, -0.2) is 14.1 Å². The first-order valence-electron chi connectivity index (χ1n) is 21.6. The number of allylic oxidation sites excluding steroid dienone is 8. The van der Waals surface area contributed by atoms with Gasteiger partial charge in [-0.25, -0.2) is 0 Å². The highest BCUT2D eigenvalue weighted by atomic mass is 15.0. The van der Waals surface area contributed by atoms with Gasteiger partial charge in [0.25, 0.3) is 0 Å². The first-order chi connectivity index (χ1) is 30.6. The van der Waals surface area contributed by atoms with E-state index in [9.17, 15) is 0 Å². The molecule has 3 nitrogen and oxygen atoms in total. The molecule has 3 heterocycles. The van der Waals surface area contributed by atoms with Crippen LogP contribution in [0.4, 0.5) is 0 Å². The largest absolute Gasteiger partial charge is 0.309 e. The van der Waals surface area contributed by atoms with E-state index in [4.69, 9.17) is 4.98 Å². The first kappa shape index (κ1) is 37.3. The summed E-state index contributed by atoms with van der Waals surface area (Å²) in [5.41, 5.74) is 16.5. The van der Waals surface area contributed by atoms with Gasteiger partial charge in [0, 0.05) is 44.7 Å². The normalized spacial score (nSPS) is 15.4. The number of rotatable bonds is 8. The Bertz CT molecular complexity index is 3430. The van der Waals surface area contributed by atoms with Gasteiger partial charge in [0.15, 0.2) is 0 Å². The van der Waals surface area contributed by atoms with Gasteiger partial charge in [-0.05, 0) is 106 Å². The summed E-state index contributed by atoms with van der Waals surface area (Å²) >= 11 is 0. The smallest absolute Gasteiger partial charge is 0.0722 e. The van der Waals surface area contributed by atoms with E-state index in [0.717, 1.165) is 22.6 Å². The van der Waals surface area contributed by atoms with Gasteiger partial charge in [-0.3, -0.25) is 4.98 Å². The number of benzene rings is 7. The molecule has 10 aromatic rings. The van der Waals surface area contributed by atoms with Gasteiger partial charge in [-0.15, -0.1) is 0 Å². The lowest BCUT2D eigenvalue weighted by Gasteiger charge is -2.17. The Balaban J connectivity index is 0.953. The second-order valence-electron chi connectivity index (χ2n) is 16.4. The number of para-hydroxylation sites is 3. The van der Waals surface area contributed by atoms with Crippen LogP contribution in [0, 0.1) is 5.92 Å². The van der Waals surface area contributed by atoms with Gasteiger partial charge in [0.1, 0.15) is 0 Å². The molecular formula is C59H45N3. The van der Waals surface area contributed by atoms with E-state index in [1.165, 1.54) is 77.0 Å². The van der Waals surface area contributed by atoms with E-state index < -0.39 is 0 Å². The maximum Gasteiger partial charge on any atom is 0.0722 e. The molecule has 0 saturated carbocycles. The van der Waals surface area contributed by atoms with Crippen molar-refractivity contribution < 1.29 is 0 Å². The summed E-state index contributed by atoms with van der Waals surface area (Å²) in [4.78, 5) is 4.93. The average Bonchev–Trinajstić information content (AvgIpc) is 3.85. The molecule has 0 N–H and O–H groups in total. The average molecular weight is 796 g/mol. The highest BCUT2D eigenvalue weighted by Gasteiger charge is 2.18. The fraction of sp³-hybridized carbons (Fsp3) is 0.0678. The van der Waals surface area contributed by atoms with E-state index in [1.807, 2.05) is 6.20 Å². The molecule has 1 aliphatic rings. The van der Waals surface area contributed by atoms with E-state index in [0.29, 0.717) is 5.92 Å². The van der Waals surface area contributed by atoms with Crippen molar-refractivity contribution >= 4 is 49.2 Å². The fourth-order valence-electron chi connectivity index (χ4n) is 9.44. The summed E-state index contributed by atoms with van der Waals surface area (Å²) in [5.74, 6) is 0.549. The molecule has 0 amide bonds. The van der Waals surface area contributed by atoms with Crippen molar-refractivity contribution in [2.24, 2.45) is 5.92 Å². The minimum absolute atomic E-state index is 0.199. The molecule has 0 aliphatic heterocycles. The summed E-state index contributed by atoms with van der Waals surface area (Å²) in [6.45, 7) is 4.55. The quantitative estimate of drug-likeness (QED) is 0.150. The van der Waals surface area contributed by atoms with Crippen molar-refractivity contribution in [3.63, 3.8) is 0 Å². The number of pyridine rings is 1. The summed E-state index contributed by atoms with van der Waals surface area (Å²) in [6, 6.07) is 66.0. The zero-order chi connectivity index (χ0) is 41.6. The zero-order valence-corrected chi connectivity index (χ0v) is 34.9. The number of hydrogen-bond donors (Lipinski definition) is 0. The molecule has 1 aliphatic carbocycles. The molecule has 2 unspecified atom stereocenters. The van der Waals surface area contributed by atoms with Crippen LogP contribution >= 0.6 is 0 Å². The maximum atomic E-state index is 4.93. The van der Waals surface area contributed by atoms with E-state index in [2.05, 4.69) is 241 Å². The lowest BCUT2D eigenvalue weighted by molar-refractivity contribution is 0.886. The van der Waals surface area contributed by atoms with Gasteiger partial charge in [0.2, 0.25) is 0 Å². The minimum Gasteiger partial charge on any atom is -0.309 e. The monoisotopic (exact) mass is 795 g/mol. The van der Waals surface area contributed by atoms with Gasteiger partial charge in [-0.1, -0.05) is 172 Å². The molecule has 0 fully saturated rings. The van der Waals surface area contributed by atoms with Crippen LogP contribution in [-0.2, 0) is 0 Å². The number of fused-ring (bicyclic) bond motifs is 6. The van der Waals surface area contributed by atoms with Crippen LogP contribution in [0.3, 0.4) is 0 Å². The summed E-state index contributed by atoms with van der Waals surface area (Å²) in [7, 11) is 0. The number of aromatic nitrogens is 3. The van der Waals surface area contributed by atoms with Crippen LogP contribution in [0.1, 0.15) is 30.9 Å². The van der Waals surface area contributed by atoms with Crippen molar-refractivity contribution in [2.75, 3.05) is 0 Å². The van der Waals surface area contributed by atoms with Gasteiger partial charge in [-0.2, -0.15) is 0 Å². The molecule has 0 bridgehead atoms. The third-order valence-electron chi connectivity index (χ3n) is 12.6. The SMILES string of the molecule is CC1C=CC=C/C1=C(/C=C\C(C)c1cccc(-c2cc(-n3c4ccccc4c4cc(-c5ccc6c7ccccc7n(-c7ccccc7)c6c5)ccc43)ccn2)c1)c1ccccc1. The molecule has 62 heavy (non-hydrogen) atoms. The summed E-state index contributed by atoms with van der Waals surface area (Å²) < 4.78 is 4.78. The van der Waals surface area contributed by atoms with Crippen LogP contribution < -0.4 is 0 Å². The highest BCUT2D eigenvalue weighted by molar-refractivity contribution is 6.12. The van der Waals surface area contributed by atoms with Gasteiger partial charge in [0.05, 0.1) is 27.8 Å². The Morgan fingerprint density at radius 3 is 1.98 bits per heavy atom. The second-order valence-corrected chi connectivity index (χ2v) is 16.4. The number of nitrogens with zero attached hydrogens (tertiary/aromatic N) is 3. The van der Waals surface area contributed by atoms with E-state index >= 15 is 0 Å². The van der Waals surface area contributed by atoms with E-state index in [1.54, 1.807) is 0 Å². The topological polar surface area (TPSA) is 22.8 Å². The van der Waals surface area contributed by atoms with Crippen LogP contribution in [0.5, 0.6) is 0 Å². The van der Waals surface area contributed by atoms with E-state index in [-0.39, 0.29) is 5.92 Å². The predicted molar refractivity (Wildman–Crippen MR) is 262 cm³/mol. The Hall–Kier alpha value is -7.75. The highest BCUT2D eigenvalue weighted by Crippen LogP contribution is 2.39. The molecule has 3 aromatic heterocycles. The zero-order valence-electron chi connectivity index (χ0n) is 34.9. The lowest BCUT2D eigenvalue weighted by Crippen LogP contribution is -2.00. The van der Waals surface area contributed by atoms with Gasteiger partial charge < -0.3 is 9.13 Å². The van der Waals surface area contributed by atoms with Crippen molar-refractivity contribution in [1.82, 2.24) is 14.1 Å². The van der Waals surface area contributed by atoms with Crippen molar-refractivity contribution in [1.29, 1.82) is 0 Å².